The van der Waals surface area contributed by atoms with Crippen molar-refractivity contribution in [3.05, 3.63) is 25.3 Å². The average molecular weight is 242 g/mol. The van der Waals surface area contributed by atoms with E-state index < -0.39 is 18.0 Å². The van der Waals surface area contributed by atoms with Crippen molar-refractivity contribution in [2.24, 2.45) is 0 Å². The topological polar surface area (TPSA) is 78.9 Å². The van der Waals surface area contributed by atoms with Crippen LogP contribution in [0.25, 0.3) is 0 Å². The van der Waals surface area contributed by atoms with Gasteiger partial charge in [-0.3, -0.25) is 0 Å². The molecule has 1 atom stereocenters. The molecule has 0 aliphatic heterocycles. The van der Waals surface area contributed by atoms with Gasteiger partial charge in [0.25, 0.3) is 0 Å². The zero-order valence-electron chi connectivity index (χ0n) is 9.89. The van der Waals surface area contributed by atoms with Crippen LogP contribution in [0.1, 0.15) is 0 Å². The molecule has 0 spiro atoms. The number of hydrogen-bond acceptors (Lipinski definition) is 3. The second kappa shape index (κ2) is 8.35. The molecule has 96 valence electrons. The lowest BCUT2D eigenvalue weighted by Gasteiger charge is -2.22. The van der Waals surface area contributed by atoms with Gasteiger partial charge in [0.2, 0.25) is 0 Å². The quantitative estimate of drug-likeness (QED) is 0.606. The van der Waals surface area contributed by atoms with Crippen molar-refractivity contribution < 1.29 is 19.4 Å². The van der Waals surface area contributed by atoms with Gasteiger partial charge < -0.3 is 20.1 Å². The molecule has 0 rings (SSSR count). The zero-order chi connectivity index (χ0) is 13.3. The van der Waals surface area contributed by atoms with Crippen LogP contribution in [0, 0.1) is 0 Å². The van der Waals surface area contributed by atoms with E-state index in [0.717, 1.165) is 0 Å². The van der Waals surface area contributed by atoms with Crippen molar-refractivity contribution >= 4 is 12.0 Å². The van der Waals surface area contributed by atoms with E-state index in [1.54, 1.807) is 12.2 Å². The summed E-state index contributed by atoms with van der Waals surface area (Å²) < 4.78 is 4.71. The van der Waals surface area contributed by atoms with Gasteiger partial charge in [0.05, 0.1) is 6.61 Å². The lowest BCUT2D eigenvalue weighted by atomic mass is 10.3. The van der Waals surface area contributed by atoms with Gasteiger partial charge in [-0.05, 0) is 0 Å². The maximum Gasteiger partial charge on any atom is 0.328 e. The number of carbonyl (C=O) groups is 2. The standard InChI is InChI=1S/C11H18N2O4/c1-4-6-13(7-5-2)11(16)12-9(8-17-3)10(14)15/h4-5,9H,1-2,6-8H2,3H3,(H,12,16)(H,14,15). The van der Waals surface area contributed by atoms with Gasteiger partial charge in [0.15, 0.2) is 6.04 Å². The molecular formula is C11H18N2O4. The maximum atomic E-state index is 11.7. The molecule has 0 aromatic carbocycles. The molecule has 0 fully saturated rings. The highest BCUT2D eigenvalue weighted by atomic mass is 16.5. The Balaban J connectivity index is 4.48. The Morgan fingerprint density at radius 1 is 1.41 bits per heavy atom. The van der Waals surface area contributed by atoms with Gasteiger partial charge in [0, 0.05) is 20.2 Å². The smallest absolute Gasteiger partial charge is 0.328 e. The molecule has 6 heteroatoms. The highest BCUT2D eigenvalue weighted by Crippen LogP contribution is 1.94. The largest absolute Gasteiger partial charge is 0.480 e. The molecule has 0 aliphatic carbocycles. The van der Waals surface area contributed by atoms with Crippen molar-refractivity contribution in [1.29, 1.82) is 0 Å². The third-order valence-corrected chi connectivity index (χ3v) is 1.92. The van der Waals surface area contributed by atoms with Crippen LogP contribution in [0.4, 0.5) is 4.79 Å². The fraction of sp³-hybridized carbons (Fsp3) is 0.455. The van der Waals surface area contributed by atoms with Crippen LogP contribution in [-0.4, -0.2) is 54.9 Å². The molecule has 0 aromatic rings. The third kappa shape index (κ3) is 5.72. The molecule has 0 heterocycles. The summed E-state index contributed by atoms with van der Waals surface area (Å²) in [6.07, 6.45) is 3.10. The van der Waals surface area contributed by atoms with Gasteiger partial charge in [-0.25, -0.2) is 9.59 Å². The van der Waals surface area contributed by atoms with Crippen molar-refractivity contribution in [3.63, 3.8) is 0 Å². The summed E-state index contributed by atoms with van der Waals surface area (Å²) in [6.45, 7) is 7.58. The number of hydrogen-bond donors (Lipinski definition) is 2. The number of urea groups is 1. The summed E-state index contributed by atoms with van der Waals surface area (Å²) >= 11 is 0. The summed E-state index contributed by atoms with van der Waals surface area (Å²) in [7, 11) is 1.37. The molecule has 0 radical (unpaired) electrons. The summed E-state index contributed by atoms with van der Waals surface area (Å²) in [5.74, 6) is -1.14. The Labute approximate surface area is 101 Å². The number of carboxylic acids is 1. The van der Waals surface area contributed by atoms with Crippen LogP contribution in [0.2, 0.25) is 0 Å². The molecule has 17 heavy (non-hydrogen) atoms. The highest BCUT2D eigenvalue weighted by Gasteiger charge is 2.21. The number of aliphatic carboxylic acids is 1. The van der Waals surface area contributed by atoms with Gasteiger partial charge in [-0.15, -0.1) is 13.2 Å². The Morgan fingerprint density at radius 2 is 1.94 bits per heavy atom. The lowest BCUT2D eigenvalue weighted by Crippen LogP contribution is -2.49. The first-order valence-corrected chi connectivity index (χ1v) is 5.05. The first-order valence-electron chi connectivity index (χ1n) is 5.05. The molecule has 2 N–H and O–H groups in total. The van der Waals surface area contributed by atoms with Crippen LogP contribution in [-0.2, 0) is 9.53 Å². The molecule has 1 unspecified atom stereocenters. The highest BCUT2D eigenvalue weighted by molar-refractivity contribution is 5.82. The van der Waals surface area contributed by atoms with E-state index in [0.29, 0.717) is 13.1 Å². The number of carbonyl (C=O) groups excluding carboxylic acids is 1. The number of amides is 2. The fourth-order valence-electron chi connectivity index (χ4n) is 1.13. The summed E-state index contributed by atoms with van der Waals surface area (Å²) in [4.78, 5) is 23.9. The molecule has 0 saturated heterocycles. The predicted molar refractivity (Wildman–Crippen MR) is 63.8 cm³/mol. The molecule has 0 aromatic heterocycles. The van der Waals surface area contributed by atoms with E-state index in [-0.39, 0.29) is 6.61 Å². The average Bonchev–Trinajstić information content (AvgIpc) is 2.28. The summed E-state index contributed by atoms with van der Waals surface area (Å²) in [6, 6.07) is -1.56. The van der Waals surface area contributed by atoms with Gasteiger partial charge in [0.1, 0.15) is 0 Å². The van der Waals surface area contributed by atoms with Crippen LogP contribution in [0.15, 0.2) is 25.3 Å². The van der Waals surface area contributed by atoms with Crippen molar-refractivity contribution in [2.75, 3.05) is 26.8 Å². The van der Waals surface area contributed by atoms with Crippen molar-refractivity contribution in [1.82, 2.24) is 10.2 Å². The Hall–Kier alpha value is -1.82. The fourth-order valence-corrected chi connectivity index (χ4v) is 1.13. The first kappa shape index (κ1) is 15.2. The molecule has 6 nitrogen and oxygen atoms in total. The number of ether oxygens (including phenoxy) is 1. The first-order chi connectivity index (χ1) is 8.06. The normalized spacial score (nSPS) is 11.4. The molecule has 0 bridgehead atoms. The van der Waals surface area contributed by atoms with Crippen LogP contribution >= 0.6 is 0 Å². The molecular weight excluding hydrogens is 224 g/mol. The van der Waals surface area contributed by atoms with Crippen molar-refractivity contribution in [3.8, 4) is 0 Å². The minimum Gasteiger partial charge on any atom is -0.480 e. The Morgan fingerprint density at radius 3 is 2.29 bits per heavy atom. The second-order valence-electron chi connectivity index (χ2n) is 3.28. The van der Waals surface area contributed by atoms with Crippen molar-refractivity contribution in [2.45, 2.75) is 6.04 Å². The monoisotopic (exact) mass is 242 g/mol. The van der Waals surface area contributed by atoms with Gasteiger partial charge in [-0.2, -0.15) is 0 Å². The van der Waals surface area contributed by atoms with Crippen LogP contribution in [0.5, 0.6) is 0 Å². The van der Waals surface area contributed by atoms with Crippen LogP contribution < -0.4 is 5.32 Å². The van der Waals surface area contributed by atoms with E-state index in [1.807, 2.05) is 0 Å². The molecule has 0 aliphatic rings. The van der Waals surface area contributed by atoms with Gasteiger partial charge in [-0.1, -0.05) is 12.2 Å². The predicted octanol–water partition coefficient (Wildman–Crippen LogP) is 0.470. The summed E-state index contributed by atoms with van der Waals surface area (Å²) in [5.41, 5.74) is 0. The maximum absolute atomic E-state index is 11.7. The van der Waals surface area contributed by atoms with Gasteiger partial charge >= 0.3 is 12.0 Å². The minimum atomic E-state index is -1.14. The third-order valence-electron chi connectivity index (χ3n) is 1.92. The van der Waals surface area contributed by atoms with E-state index in [4.69, 9.17) is 9.84 Å². The van der Waals surface area contributed by atoms with E-state index in [2.05, 4.69) is 18.5 Å². The zero-order valence-corrected chi connectivity index (χ0v) is 9.89. The second-order valence-corrected chi connectivity index (χ2v) is 3.28. The number of carboxylic acid groups (broad SMARTS) is 1. The number of nitrogens with one attached hydrogen (secondary N) is 1. The number of nitrogens with zero attached hydrogens (tertiary/aromatic N) is 1. The van der Waals surface area contributed by atoms with E-state index in [1.165, 1.54) is 12.0 Å². The minimum absolute atomic E-state index is 0.0862. The summed E-state index contributed by atoms with van der Waals surface area (Å²) in [5, 5.41) is 11.2. The van der Waals surface area contributed by atoms with E-state index in [9.17, 15) is 9.59 Å². The molecule has 0 saturated carbocycles. The lowest BCUT2D eigenvalue weighted by molar-refractivity contribution is -0.140. The molecule has 2 amide bonds. The number of rotatable bonds is 8. The Bertz CT molecular complexity index is 281. The SMILES string of the molecule is C=CCN(CC=C)C(=O)NC(COC)C(=O)O. The number of methoxy groups -OCH3 is 1. The van der Waals surface area contributed by atoms with Crippen LogP contribution in [0.3, 0.4) is 0 Å². The Kier molecular flexibility index (Phi) is 7.45. The van der Waals surface area contributed by atoms with E-state index >= 15 is 0 Å².